The van der Waals surface area contributed by atoms with Crippen molar-refractivity contribution in [1.29, 1.82) is 0 Å². The molecule has 0 bridgehead atoms. The number of hydrogen-bond donors (Lipinski definition) is 1. The van der Waals surface area contributed by atoms with Gasteiger partial charge in [-0.15, -0.1) is 0 Å². The number of carbonyl (C=O) groups excluding carboxylic acids is 1. The first-order chi connectivity index (χ1) is 9.12. The SMILES string of the molecule is CN1CCC2(C1)CN(c1ccc(CN)cc1)C(=O)O2. The Kier molecular flexibility index (Phi) is 2.95. The summed E-state index contributed by atoms with van der Waals surface area (Å²) in [6, 6.07) is 7.77. The van der Waals surface area contributed by atoms with Crippen LogP contribution >= 0.6 is 0 Å². The summed E-state index contributed by atoms with van der Waals surface area (Å²) in [5, 5.41) is 0. The maximum Gasteiger partial charge on any atom is 0.415 e. The monoisotopic (exact) mass is 261 g/mol. The molecule has 1 aromatic carbocycles. The maximum absolute atomic E-state index is 12.1. The van der Waals surface area contributed by atoms with Crippen LogP contribution in [-0.4, -0.2) is 43.3 Å². The number of ether oxygens (including phenoxy) is 1. The number of nitrogens with zero attached hydrogens (tertiary/aromatic N) is 2. The van der Waals surface area contributed by atoms with Crippen molar-refractivity contribution in [1.82, 2.24) is 4.90 Å². The van der Waals surface area contributed by atoms with Gasteiger partial charge in [0.1, 0.15) is 5.60 Å². The number of benzene rings is 1. The van der Waals surface area contributed by atoms with Crippen molar-refractivity contribution in [2.45, 2.75) is 18.6 Å². The Hall–Kier alpha value is -1.59. The van der Waals surface area contributed by atoms with Gasteiger partial charge in [-0.25, -0.2) is 4.79 Å². The number of amides is 1. The molecule has 0 aromatic heterocycles. The molecule has 0 saturated carbocycles. The average molecular weight is 261 g/mol. The minimum absolute atomic E-state index is 0.240. The predicted molar refractivity (Wildman–Crippen MR) is 73.0 cm³/mol. The Labute approximate surface area is 112 Å². The summed E-state index contributed by atoms with van der Waals surface area (Å²) in [5.74, 6) is 0. The number of likely N-dealkylation sites (N-methyl/N-ethyl adjacent to an activating group) is 1. The van der Waals surface area contributed by atoms with Crippen LogP contribution in [-0.2, 0) is 11.3 Å². The maximum atomic E-state index is 12.1. The number of nitrogens with two attached hydrogens (primary N) is 1. The Bertz CT molecular complexity index is 488. The van der Waals surface area contributed by atoms with Crippen molar-refractivity contribution in [3.8, 4) is 0 Å². The molecule has 2 aliphatic heterocycles. The Morgan fingerprint density at radius 2 is 2.05 bits per heavy atom. The molecule has 0 aliphatic carbocycles. The van der Waals surface area contributed by atoms with Crippen molar-refractivity contribution in [2.75, 3.05) is 31.6 Å². The topological polar surface area (TPSA) is 58.8 Å². The van der Waals surface area contributed by atoms with E-state index in [1.807, 2.05) is 24.3 Å². The predicted octanol–water partition coefficient (Wildman–Crippen LogP) is 1.18. The van der Waals surface area contributed by atoms with Crippen LogP contribution in [0.3, 0.4) is 0 Å². The molecule has 1 unspecified atom stereocenters. The van der Waals surface area contributed by atoms with Gasteiger partial charge in [0.05, 0.1) is 6.54 Å². The molecule has 1 atom stereocenters. The summed E-state index contributed by atoms with van der Waals surface area (Å²) < 4.78 is 5.62. The summed E-state index contributed by atoms with van der Waals surface area (Å²) in [4.78, 5) is 16.0. The highest BCUT2D eigenvalue weighted by Gasteiger charge is 2.49. The molecule has 3 rings (SSSR count). The number of hydrogen-bond acceptors (Lipinski definition) is 4. The Morgan fingerprint density at radius 1 is 1.32 bits per heavy atom. The van der Waals surface area contributed by atoms with E-state index in [1.165, 1.54) is 0 Å². The molecule has 2 aliphatic rings. The molecule has 1 aromatic rings. The minimum atomic E-state index is -0.321. The van der Waals surface area contributed by atoms with Crippen LogP contribution in [0.1, 0.15) is 12.0 Å². The fourth-order valence-corrected chi connectivity index (χ4v) is 2.89. The molecule has 2 saturated heterocycles. The molecule has 2 heterocycles. The van der Waals surface area contributed by atoms with Crippen molar-refractivity contribution >= 4 is 11.8 Å². The van der Waals surface area contributed by atoms with Gasteiger partial charge in [0.2, 0.25) is 0 Å². The second-order valence-electron chi connectivity index (χ2n) is 5.50. The molecular formula is C14H19N3O2. The first-order valence-electron chi connectivity index (χ1n) is 6.60. The fourth-order valence-electron chi connectivity index (χ4n) is 2.89. The first-order valence-corrected chi connectivity index (χ1v) is 6.60. The van der Waals surface area contributed by atoms with Gasteiger partial charge in [0.15, 0.2) is 0 Å². The van der Waals surface area contributed by atoms with Crippen LogP contribution in [0.4, 0.5) is 10.5 Å². The van der Waals surface area contributed by atoms with E-state index >= 15 is 0 Å². The van der Waals surface area contributed by atoms with E-state index in [-0.39, 0.29) is 11.7 Å². The lowest BCUT2D eigenvalue weighted by Crippen LogP contribution is -2.37. The average Bonchev–Trinajstić information content (AvgIpc) is 2.93. The quantitative estimate of drug-likeness (QED) is 0.868. The molecule has 5 heteroatoms. The zero-order valence-corrected chi connectivity index (χ0v) is 11.1. The van der Waals surface area contributed by atoms with Gasteiger partial charge in [-0.1, -0.05) is 12.1 Å². The molecular weight excluding hydrogens is 242 g/mol. The van der Waals surface area contributed by atoms with Gasteiger partial charge in [0.25, 0.3) is 0 Å². The third-order valence-corrected chi connectivity index (χ3v) is 3.96. The molecule has 19 heavy (non-hydrogen) atoms. The lowest BCUT2D eigenvalue weighted by molar-refractivity contribution is 0.0658. The normalized spacial score (nSPS) is 27.3. The standard InChI is InChI=1S/C14H19N3O2/c1-16-7-6-14(9-16)10-17(13(18)19-14)12-4-2-11(8-15)3-5-12/h2-5H,6-10,15H2,1H3. The van der Waals surface area contributed by atoms with Gasteiger partial charge in [0, 0.05) is 31.7 Å². The van der Waals surface area contributed by atoms with Crippen LogP contribution in [0.2, 0.25) is 0 Å². The van der Waals surface area contributed by atoms with E-state index in [4.69, 9.17) is 10.5 Å². The zero-order valence-electron chi connectivity index (χ0n) is 11.1. The van der Waals surface area contributed by atoms with E-state index < -0.39 is 0 Å². The third-order valence-electron chi connectivity index (χ3n) is 3.96. The highest BCUT2D eigenvalue weighted by molar-refractivity contribution is 5.90. The number of anilines is 1. The first kappa shape index (κ1) is 12.4. The highest BCUT2D eigenvalue weighted by atomic mass is 16.6. The van der Waals surface area contributed by atoms with Crippen molar-refractivity contribution in [2.24, 2.45) is 5.73 Å². The van der Waals surface area contributed by atoms with E-state index in [2.05, 4.69) is 11.9 Å². The molecule has 2 N–H and O–H groups in total. The van der Waals surface area contributed by atoms with Crippen LogP contribution in [0.15, 0.2) is 24.3 Å². The summed E-state index contributed by atoms with van der Waals surface area (Å²) in [5.41, 5.74) is 7.20. The van der Waals surface area contributed by atoms with Crippen LogP contribution < -0.4 is 10.6 Å². The molecule has 2 fully saturated rings. The molecule has 0 radical (unpaired) electrons. The van der Waals surface area contributed by atoms with Gasteiger partial charge in [-0.3, -0.25) is 4.90 Å². The highest BCUT2D eigenvalue weighted by Crippen LogP contribution is 2.34. The van der Waals surface area contributed by atoms with Crippen LogP contribution in [0.5, 0.6) is 0 Å². The summed E-state index contributed by atoms with van der Waals surface area (Å²) in [6.07, 6.45) is 0.669. The van der Waals surface area contributed by atoms with Crippen LogP contribution in [0, 0.1) is 0 Å². The third kappa shape index (κ3) is 2.19. The fraction of sp³-hybridized carbons (Fsp3) is 0.500. The number of rotatable bonds is 2. The second-order valence-corrected chi connectivity index (χ2v) is 5.50. The lowest BCUT2D eigenvalue weighted by Gasteiger charge is -2.20. The van der Waals surface area contributed by atoms with Crippen molar-refractivity contribution in [3.63, 3.8) is 0 Å². The van der Waals surface area contributed by atoms with E-state index in [1.54, 1.807) is 4.90 Å². The van der Waals surface area contributed by atoms with Gasteiger partial charge in [-0.2, -0.15) is 0 Å². The number of likely N-dealkylation sites (tertiary alicyclic amines) is 1. The van der Waals surface area contributed by atoms with E-state index in [0.29, 0.717) is 13.1 Å². The smallest absolute Gasteiger partial charge is 0.415 e. The van der Waals surface area contributed by atoms with Gasteiger partial charge in [-0.05, 0) is 24.7 Å². The van der Waals surface area contributed by atoms with Crippen molar-refractivity contribution in [3.05, 3.63) is 29.8 Å². The molecule has 1 amide bonds. The van der Waals surface area contributed by atoms with Gasteiger partial charge >= 0.3 is 6.09 Å². The molecule has 1 spiro atoms. The van der Waals surface area contributed by atoms with Crippen molar-refractivity contribution < 1.29 is 9.53 Å². The summed E-state index contributed by atoms with van der Waals surface area (Å²) in [7, 11) is 2.06. The largest absolute Gasteiger partial charge is 0.439 e. The lowest BCUT2D eigenvalue weighted by atomic mass is 10.0. The Balaban J connectivity index is 1.80. The summed E-state index contributed by atoms with van der Waals surface area (Å²) in [6.45, 7) is 2.95. The minimum Gasteiger partial charge on any atom is -0.439 e. The Morgan fingerprint density at radius 3 is 2.63 bits per heavy atom. The summed E-state index contributed by atoms with van der Waals surface area (Å²) >= 11 is 0. The van der Waals surface area contributed by atoms with E-state index in [0.717, 1.165) is 30.8 Å². The molecule has 5 nitrogen and oxygen atoms in total. The second kappa shape index (κ2) is 4.51. The molecule has 102 valence electrons. The van der Waals surface area contributed by atoms with Gasteiger partial charge < -0.3 is 15.4 Å². The van der Waals surface area contributed by atoms with E-state index in [9.17, 15) is 4.79 Å². The zero-order chi connectivity index (χ0) is 13.5. The van der Waals surface area contributed by atoms with Crippen LogP contribution in [0.25, 0.3) is 0 Å². The number of carbonyl (C=O) groups is 1.